The van der Waals surface area contributed by atoms with E-state index in [-0.39, 0.29) is 65.7 Å². The number of imide groups is 1. The molecule has 6 rings (SSSR count). The molecule has 12 nitrogen and oxygen atoms in total. The van der Waals surface area contributed by atoms with E-state index >= 15 is 0 Å². The molecule has 3 heterocycles. The minimum Gasteiger partial charge on any atom is -0.377 e. The fraction of sp³-hybridized carbons (Fsp3) is 0.561. The number of hydrogen-bond donors (Lipinski definition) is 2. The molecule has 2 aromatic rings. The maximum absolute atomic E-state index is 13.7. The highest BCUT2D eigenvalue weighted by atomic mass is 32.1. The number of nitriles is 1. The number of carbonyl (C=O) groups is 4. The van der Waals surface area contributed by atoms with Crippen molar-refractivity contribution < 1.29 is 37.1 Å². The Labute approximate surface area is 336 Å². The van der Waals surface area contributed by atoms with Crippen molar-refractivity contribution in [2.45, 2.75) is 115 Å². The van der Waals surface area contributed by atoms with Crippen molar-refractivity contribution in [1.29, 1.82) is 5.26 Å². The summed E-state index contributed by atoms with van der Waals surface area (Å²) < 4.78 is 47.5. The first kappa shape index (κ1) is 42.2. The molecule has 0 radical (unpaired) electrons. The lowest BCUT2D eigenvalue weighted by Gasteiger charge is -2.44. The lowest BCUT2D eigenvalue weighted by molar-refractivity contribution is -0.138. The van der Waals surface area contributed by atoms with Crippen molar-refractivity contribution in [2.24, 2.45) is 0 Å². The van der Waals surface area contributed by atoms with Gasteiger partial charge in [-0.3, -0.25) is 39.2 Å². The number of hydrogen-bond acceptors (Lipinski definition) is 9. The van der Waals surface area contributed by atoms with Gasteiger partial charge in [0.2, 0.25) is 17.7 Å². The third-order valence-electron chi connectivity index (χ3n) is 12.1. The number of nitrogens with zero attached hydrogens (tertiary/aromatic N) is 5. The molecule has 1 saturated carbocycles. The molecule has 0 bridgehead atoms. The number of amides is 4. The quantitative estimate of drug-likeness (QED) is 0.239. The van der Waals surface area contributed by atoms with E-state index < -0.39 is 34.2 Å². The molecule has 1 unspecified atom stereocenters. The molecule has 0 spiro atoms. The van der Waals surface area contributed by atoms with Gasteiger partial charge in [-0.2, -0.15) is 18.4 Å². The Morgan fingerprint density at radius 1 is 1.02 bits per heavy atom. The summed E-state index contributed by atoms with van der Waals surface area (Å²) in [5.41, 5.74) is -2.08. The number of thiocarbonyl (C=S) groups is 1. The first-order chi connectivity index (χ1) is 26.8. The fourth-order valence-electron chi connectivity index (χ4n) is 8.80. The number of rotatable bonds is 10. The van der Waals surface area contributed by atoms with Crippen molar-refractivity contribution in [3.63, 3.8) is 0 Å². The molecule has 0 aromatic heterocycles. The van der Waals surface area contributed by atoms with Gasteiger partial charge in [-0.05, 0) is 115 Å². The Morgan fingerprint density at radius 2 is 1.67 bits per heavy atom. The molecule has 3 saturated heterocycles. The van der Waals surface area contributed by atoms with Crippen LogP contribution in [-0.2, 0) is 35.5 Å². The highest BCUT2D eigenvalue weighted by molar-refractivity contribution is 7.80. The van der Waals surface area contributed by atoms with Crippen molar-refractivity contribution in [2.75, 3.05) is 43.0 Å². The lowest BCUT2D eigenvalue weighted by atomic mass is 9.75. The molecule has 306 valence electrons. The van der Waals surface area contributed by atoms with E-state index in [0.29, 0.717) is 31.6 Å². The highest BCUT2D eigenvalue weighted by Crippen LogP contribution is 2.41. The van der Waals surface area contributed by atoms with Crippen LogP contribution in [0.1, 0.15) is 89.8 Å². The Morgan fingerprint density at radius 3 is 2.26 bits per heavy atom. The summed E-state index contributed by atoms with van der Waals surface area (Å²) in [4.78, 5) is 58.4. The molecule has 2 aromatic carbocycles. The largest absolute Gasteiger partial charge is 0.417 e. The number of piperidine rings is 1. The molecule has 57 heavy (non-hydrogen) atoms. The van der Waals surface area contributed by atoms with Crippen LogP contribution in [0.25, 0.3) is 0 Å². The standard InChI is InChI=1S/C41H50F3N7O5S/c1-25-22-48(23-26(2)49(25)24-35(53)46-29-9-7-28(8-10-29)40(5)17-16-34(52)47-36(40)54)18-19-56-32-14-12-30(13-15-32)51-38(57)50(37(55)39(51,3)4)31-11-6-27(21-45)33(20-31)41(42,43)44/h6-11,20,25-26,30,32H,12-19,22-24H2,1-5H3,(H,46,53)(H,47,52,54)/t25-,26+,30-,32-,40?. The van der Waals surface area contributed by atoms with Gasteiger partial charge in [-0.25, -0.2) is 0 Å². The second-order valence-corrected chi connectivity index (χ2v) is 16.8. The van der Waals surface area contributed by atoms with Crippen LogP contribution in [-0.4, -0.2) is 106 Å². The number of ether oxygens (including phenoxy) is 1. The summed E-state index contributed by atoms with van der Waals surface area (Å²) in [5, 5.41) is 14.8. The number of piperazine rings is 1. The third kappa shape index (κ3) is 8.72. The molecule has 1 aliphatic carbocycles. The van der Waals surface area contributed by atoms with Gasteiger partial charge in [0.05, 0.1) is 47.6 Å². The molecule has 3 atom stereocenters. The first-order valence-electron chi connectivity index (χ1n) is 19.5. The molecule has 2 N–H and O–H groups in total. The first-order valence-corrected chi connectivity index (χ1v) is 19.9. The van der Waals surface area contributed by atoms with Gasteiger partial charge in [-0.1, -0.05) is 12.1 Å². The molecular formula is C41H50F3N7O5S. The molecule has 4 amide bonds. The summed E-state index contributed by atoms with van der Waals surface area (Å²) in [6.07, 6.45) is -1.12. The Bertz CT molecular complexity index is 1930. The predicted octanol–water partition coefficient (Wildman–Crippen LogP) is 5.34. The average Bonchev–Trinajstić information content (AvgIpc) is 3.33. The zero-order valence-electron chi connectivity index (χ0n) is 32.9. The van der Waals surface area contributed by atoms with Crippen LogP contribution in [0.2, 0.25) is 0 Å². The zero-order valence-corrected chi connectivity index (χ0v) is 33.8. The topological polar surface area (TPSA) is 138 Å². The van der Waals surface area contributed by atoms with Gasteiger partial charge in [0.15, 0.2) is 5.11 Å². The van der Waals surface area contributed by atoms with Gasteiger partial charge >= 0.3 is 6.18 Å². The summed E-state index contributed by atoms with van der Waals surface area (Å²) in [5.74, 6) is -1.11. The van der Waals surface area contributed by atoms with Crippen molar-refractivity contribution in [3.05, 3.63) is 59.2 Å². The van der Waals surface area contributed by atoms with Gasteiger partial charge in [0, 0.05) is 49.9 Å². The van der Waals surface area contributed by atoms with Crippen LogP contribution in [0.4, 0.5) is 24.5 Å². The van der Waals surface area contributed by atoms with E-state index in [0.717, 1.165) is 55.1 Å². The minimum atomic E-state index is -4.76. The highest BCUT2D eigenvalue weighted by Gasteiger charge is 2.53. The van der Waals surface area contributed by atoms with Gasteiger partial charge in [-0.15, -0.1) is 0 Å². The molecule has 3 aliphatic heterocycles. The van der Waals surface area contributed by atoms with E-state index in [1.807, 2.05) is 24.0 Å². The maximum Gasteiger partial charge on any atom is 0.417 e. The molecule has 4 aliphatic rings. The van der Waals surface area contributed by atoms with Crippen molar-refractivity contribution in [3.8, 4) is 6.07 Å². The van der Waals surface area contributed by atoms with E-state index in [2.05, 4.69) is 34.3 Å². The van der Waals surface area contributed by atoms with Gasteiger partial charge in [0.1, 0.15) is 5.54 Å². The number of carbonyl (C=O) groups excluding carboxylic acids is 4. The van der Waals surface area contributed by atoms with Crippen LogP contribution < -0.4 is 15.5 Å². The van der Waals surface area contributed by atoms with Crippen molar-refractivity contribution in [1.82, 2.24) is 20.0 Å². The monoisotopic (exact) mass is 809 g/mol. The van der Waals surface area contributed by atoms with Crippen LogP contribution in [0.3, 0.4) is 0 Å². The van der Waals surface area contributed by atoms with Crippen LogP contribution in [0.5, 0.6) is 0 Å². The van der Waals surface area contributed by atoms with Crippen LogP contribution in [0, 0.1) is 11.3 Å². The summed E-state index contributed by atoms with van der Waals surface area (Å²) >= 11 is 5.74. The summed E-state index contributed by atoms with van der Waals surface area (Å²) in [6, 6.07) is 12.2. The second-order valence-electron chi connectivity index (χ2n) is 16.5. The number of alkyl halides is 3. The normalized spacial score (nSPS) is 27.4. The third-order valence-corrected chi connectivity index (χ3v) is 12.5. The van der Waals surface area contributed by atoms with Gasteiger partial charge in [0.25, 0.3) is 5.91 Å². The SMILES string of the molecule is C[C@@H]1CN(CCO[C@H]2CC[C@H](N3C(=S)N(c4ccc(C#N)c(C(F)(F)F)c4)C(=O)C3(C)C)CC2)C[C@H](C)N1CC(=O)Nc1ccc(C2(C)CCC(=O)NC2=O)cc1. The molecule has 4 fully saturated rings. The van der Waals surface area contributed by atoms with E-state index in [9.17, 15) is 37.6 Å². The fourth-order valence-corrected chi connectivity index (χ4v) is 9.37. The Kier molecular flexibility index (Phi) is 12.2. The smallest absolute Gasteiger partial charge is 0.377 e. The zero-order chi connectivity index (χ0) is 41.4. The molecular weight excluding hydrogens is 760 g/mol. The second kappa shape index (κ2) is 16.4. The van der Waals surface area contributed by atoms with E-state index in [4.69, 9.17) is 17.0 Å². The summed E-state index contributed by atoms with van der Waals surface area (Å²) in [7, 11) is 0. The van der Waals surface area contributed by atoms with Gasteiger partial charge < -0.3 is 15.0 Å². The average molecular weight is 810 g/mol. The summed E-state index contributed by atoms with van der Waals surface area (Å²) in [6.45, 7) is 12.6. The number of halogens is 3. The number of nitrogens with one attached hydrogen (secondary N) is 2. The maximum atomic E-state index is 13.7. The van der Waals surface area contributed by atoms with Crippen LogP contribution in [0.15, 0.2) is 42.5 Å². The Balaban J connectivity index is 0.947. The minimum absolute atomic E-state index is 0.0122. The van der Waals surface area contributed by atoms with E-state index in [1.54, 1.807) is 32.0 Å². The number of benzene rings is 2. The van der Waals surface area contributed by atoms with E-state index in [1.165, 1.54) is 6.07 Å². The Hall–Kier alpha value is -4.43. The molecule has 16 heteroatoms. The van der Waals surface area contributed by atoms with Crippen LogP contribution >= 0.6 is 12.2 Å². The number of anilines is 2. The predicted molar refractivity (Wildman–Crippen MR) is 211 cm³/mol. The lowest BCUT2D eigenvalue weighted by Crippen LogP contribution is -2.58. The van der Waals surface area contributed by atoms with Crippen molar-refractivity contribution >= 4 is 52.3 Å².